The van der Waals surface area contributed by atoms with Crippen LogP contribution in [0, 0.1) is 11.0 Å². The number of hydrogen-bond acceptors (Lipinski definition) is 4. The van der Waals surface area contributed by atoms with Gasteiger partial charge in [-0.05, 0) is 44.5 Å². The summed E-state index contributed by atoms with van der Waals surface area (Å²) in [6.45, 7) is 5.40. The van der Waals surface area contributed by atoms with E-state index in [1.807, 2.05) is 30.3 Å². The van der Waals surface area contributed by atoms with Crippen LogP contribution in [0.4, 0.5) is 9.18 Å². The van der Waals surface area contributed by atoms with Gasteiger partial charge in [-0.15, -0.1) is 0 Å². The number of benzene rings is 2. The minimum absolute atomic E-state index is 0.0911. The van der Waals surface area contributed by atoms with Gasteiger partial charge in [0.1, 0.15) is 11.4 Å². The van der Waals surface area contributed by atoms with Crippen LogP contribution in [0.2, 0.25) is 0 Å². The number of nitrogens with one attached hydrogen (secondary N) is 1. The van der Waals surface area contributed by atoms with Crippen molar-refractivity contribution in [3.8, 4) is 0 Å². The molecule has 0 fully saturated rings. The summed E-state index contributed by atoms with van der Waals surface area (Å²) < 4.78 is 19.8. The molecular weight excluding hydrogens is 373 g/mol. The SMILES string of the molecule is CC(C)(C)OC(=O)NCC(N=Cc1ccccc1)c1cn([O-])c2ccc(F)cc12. The Morgan fingerprint density at radius 3 is 2.69 bits per heavy atom. The Bertz CT molecular complexity index is 1020. The average Bonchev–Trinajstić information content (AvgIpc) is 2.97. The van der Waals surface area contributed by atoms with Gasteiger partial charge in [0.25, 0.3) is 0 Å². The van der Waals surface area contributed by atoms with Gasteiger partial charge in [0.2, 0.25) is 0 Å². The van der Waals surface area contributed by atoms with Crippen molar-refractivity contribution in [2.75, 3.05) is 6.54 Å². The molecule has 0 bridgehead atoms. The summed E-state index contributed by atoms with van der Waals surface area (Å²) in [7, 11) is 0. The molecule has 3 rings (SSSR count). The second-order valence-corrected chi connectivity index (χ2v) is 7.66. The number of hydrogen-bond donors (Lipinski definition) is 1. The lowest BCUT2D eigenvalue weighted by molar-refractivity contribution is 0.0525. The van der Waals surface area contributed by atoms with Crippen LogP contribution in [0.15, 0.2) is 59.7 Å². The molecule has 0 saturated heterocycles. The van der Waals surface area contributed by atoms with E-state index in [1.165, 1.54) is 24.4 Å². The highest BCUT2D eigenvalue weighted by molar-refractivity contribution is 5.86. The molecule has 1 N–H and O–H groups in total. The quantitative estimate of drug-likeness (QED) is 0.629. The number of fused-ring (bicyclic) bond motifs is 1. The lowest BCUT2D eigenvalue weighted by Gasteiger charge is -2.21. The molecule has 0 saturated carbocycles. The summed E-state index contributed by atoms with van der Waals surface area (Å²) >= 11 is 0. The van der Waals surface area contributed by atoms with Gasteiger partial charge < -0.3 is 20.0 Å². The third-order valence-electron chi connectivity index (χ3n) is 4.16. The fraction of sp³-hybridized carbons (Fsp3) is 0.273. The van der Waals surface area contributed by atoms with E-state index in [4.69, 9.17) is 4.74 Å². The van der Waals surface area contributed by atoms with Crippen molar-refractivity contribution in [2.45, 2.75) is 32.4 Å². The van der Waals surface area contributed by atoms with Crippen molar-refractivity contribution >= 4 is 23.2 Å². The number of aromatic nitrogens is 1. The molecule has 1 heterocycles. The molecule has 0 spiro atoms. The summed E-state index contributed by atoms with van der Waals surface area (Å²) in [5, 5.41) is 15.4. The van der Waals surface area contributed by atoms with Crippen molar-refractivity contribution in [1.82, 2.24) is 10.0 Å². The number of rotatable bonds is 5. The molecule has 0 radical (unpaired) electrons. The van der Waals surface area contributed by atoms with Crippen molar-refractivity contribution in [3.63, 3.8) is 0 Å². The molecule has 6 nitrogen and oxygen atoms in total. The first-order valence-electron chi connectivity index (χ1n) is 9.26. The second kappa shape index (κ2) is 8.34. The van der Waals surface area contributed by atoms with E-state index in [2.05, 4.69) is 10.3 Å². The van der Waals surface area contributed by atoms with Crippen molar-refractivity contribution in [2.24, 2.45) is 4.99 Å². The highest BCUT2D eigenvalue weighted by Gasteiger charge is 2.20. The molecule has 0 aliphatic carbocycles. The Kier molecular flexibility index (Phi) is 5.87. The number of nitrogens with zero attached hydrogens (tertiary/aromatic N) is 2. The number of alkyl carbamates (subject to hydrolysis) is 1. The van der Waals surface area contributed by atoms with Crippen molar-refractivity contribution in [3.05, 3.63) is 76.9 Å². The van der Waals surface area contributed by atoms with E-state index >= 15 is 0 Å². The van der Waals surface area contributed by atoms with Gasteiger partial charge in [0, 0.05) is 35.4 Å². The summed E-state index contributed by atoms with van der Waals surface area (Å²) in [6.07, 6.45) is 2.44. The Balaban J connectivity index is 1.91. The van der Waals surface area contributed by atoms with Crippen molar-refractivity contribution < 1.29 is 13.9 Å². The third-order valence-corrected chi connectivity index (χ3v) is 4.16. The van der Waals surface area contributed by atoms with Crippen LogP contribution in [0.25, 0.3) is 10.9 Å². The lowest BCUT2D eigenvalue weighted by Crippen LogP contribution is -2.34. The van der Waals surface area contributed by atoms with Crippen LogP contribution >= 0.6 is 0 Å². The molecule has 29 heavy (non-hydrogen) atoms. The molecule has 1 aromatic heterocycles. The van der Waals surface area contributed by atoms with Crippen LogP contribution in [0.3, 0.4) is 0 Å². The fourth-order valence-electron chi connectivity index (χ4n) is 2.91. The molecule has 1 amide bonds. The monoisotopic (exact) mass is 396 g/mol. The zero-order valence-electron chi connectivity index (χ0n) is 16.6. The van der Waals surface area contributed by atoms with Gasteiger partial charge in [-0.3, -0.25) is 4.99 Å². The number of carbonyl (C=O) groups excluding carboxylic acids is 1. The van der Waals surface area contributed by atoms with Crippen LogP contribution in [-0.4, -0.2) is 29.2 Å². The number of amides is 1. The molecule has 1 atom stereocenters. The standard InChI is InChI=1S/C22H23FN3O3/c1-22(2,3)29-21(27)25-13-19(24-12-15-7-5-4-6-8-15)18-14-26(28)20-10-9-16(23)11-17(18)20/h4-12,14,19H,13H2,1-3H3,(H,25,27)/q-1. The topological polar surface area (TPSA) is 78.7 Å². The first-order chi connectivity index (χ1) is 13.7. The van der Waals surface area contributed by atoms with Gasteiger partial charge >= 0.3 is 6.09 Å². The highest BCUT2D eigenvalue weighted by Crippen LogP contribution is 2.29. The zero-order chi connectivity index (χ0) is 21.0. The third kappa shape index (κ3) is 5.34. The summed E-state index contributed by atoms with van der Waals surface area (Å²) in [5.74, 6) is -0.448. The smallest absolute Gasteiger partial charge is 0.407 e. The summed E-state index contributed by atoms with van der Waals surface area (Å²) in [4.78, 5) is 16.6. The van der Waals surface area contributed by atoms with E-state index in [-0.39, 0.29) is 6.54 Å². The van der Waals surface area contributed by atoms with Crippen molar-refractivity contribution in [1.29, 1.82) is 0 Å². The predicted molar refractivity (Wildman–Crippen MR) is 112 cm³/mol. The molecule has 3 aromatic rings. The van der Waals surface area contributed by atoms with E-state index in [9.17, 15) is 14.4 Å². The minimum Gasteiger partial charge on any atom is -0.806 e. The number of halogens is 1. The van der Waals surface area contributed by atoms with Crippen LogP contribution in [0.1, 0.15) is 37.9 Å². The molecule has 152 valence electrons. The average molecular weight is 396 g/mol. The Hall–Kier alpha value is -3.35. The van der Waals surface area contributed by atoms with Gasteiger partial charge in [0.15, 0.2) is 0 Å². The van der Waals surface area contributed by atoms with E-state index in [1.54, 1.807) is 27.0 Å². The van der Waals surface area contributed by atoms with E-state index in [0.717, 1.165) is 5.56 Å². The van der Waals surface area contributed by atoms with E-state index < -0.39 is 23.6 Å². The van der Waals surface area contributed by atoms with Gasteiger partial charge in [-0.2, -0.15) is 0 Å². The summed E-state index contributed by atoms with van der Waals surface area (Å²) in [6, 6.07) is 12.8. The molecule has 2 aromatic carbocycles. The molecular formula is C22H23FN3O3-. The number of aliphatic imine (C=N–C) groups is 1. The highest BCUT2D eigenvalue weighted by atomic mass is 19.1. The first-order valence-corrected chi connectivity index (χ1v) is 9.26. The van der Waals surface area contributed by atoms with Gasteiger partial charge in [-0.25, -0.2) is 9.18 Å². The molecule has 0 aliphatic heterocycles. The maximum atomic E-state index is 13.8. The number of carbonyl (C=O) groups is 1. The summed E-state index contributed by atoms with van der Waals surface area (Å²) in [5.41, 5.74) is 1.10. The zero-order valence-corrected chi connectivity index (χ0v) is 16.6. The Labute approximate surface area is 168 Å². The van der Waals surface area contributed by atoms with Crippen LogP contribution in [0.5, 0.6) is 0 Å². The molecule has 1 unspecified atom stereocenters. The normalized spacial score (nSPS) is 13.0. The fourth-order valence-corrected chi connectivity index (χ4v) is 2.91. The Morgan fingerprint density at radius 1 is 1.28 bits per heavy atom. The van der Waals surface area contributed by atoms with E-state index in [0.29, 0.717) is 21.2 Å². The van der Waals surface area contributed by atoms with Gasteiger partial charge in [-0.1, -0.05) is 30.3 Å². The minimum atomic E-state index is -0.638. The lowest BCUT2D eigenvalue weighted by atomic mass is 10.1. The first kappa shape index (κ1) is 20.4. The predicted octanol–water partition coefficient (Wildman–Crippen LogP) is 4.81. The van der Waals surface area contributed by atoms with Gasteiger partial charge in [0.05, 0.1) is 6.04 Å². The second-order valence-electron chi connectivity index (χ2n) is 7.66. The van der Waals surface area contributed by atoms with Crippen LogP contribution < -0.4 is 5.32 Å². The molecule has 7 heteroatoms. The Morgan fingerprint density at radius 2 is 2.00 bits per heavy atom. The van der Waals surface area contributed by atoms with Crippen LogP contribution in [-0.2, 0) is 4.74 Å². The maximum Gasteiger partial charge on any atom is 0.407 e. The molecule has 0 aliphatic rings. The maximum absolute atomic E-state index is 13.8. The largest absolute Gasteiger partial charge is 0.806 e. The number of ether oxygens (including phenoxy) is 1.